The molecule has 1 aromatic heterocycles. The minimum Gasteiger partial charge on any atom is -0.485 e. The summed E-state index contributed by atoms with van der Waals surface area (Å²) in [5.41, 5.74) is 1.35. The molecule has 0 radical (unpaired) electrons. The average molecular weight is 605 g/mol. The number of benzene rings is 3. The first-order chi connectivity index (χ1) is 19.6. The van der Waals surface area contributed by atoms with Crippen LogP contribution in [0.2, 0.25) is 0 Å². The van der Waals surface area contributed by atoms with Crippen molar-refractivity contribution in [1.29, 1.82) is 0 Å². The summed E-state index contributed by atoms with van der Waals surface area (Å²) >= 11 is 5.95. The van der Waals surface area contributed by atoms with E-state index in [1.165, 1.54) is 18.4 Å². The molecule has 0 spiro atoms. The summed E-state index contributed by atoms with van der Waals surface area (Å²) in [6, 6.07) is 15.3. The van der Waals surface area contributed by atoms with Crippen LogP contribution in [0, 0.1) is 17.5 Å². The molecule has 4 aromatic rings. The number of rotatable bonds is 10. The average Bonchev–Trinajstić information content (AvgIpc) is 3.58. The molecule has 0 unspecified atom stereocenters. The van der Waals surface area contributed by atoms with Crippen molar-refractivity contribution < 1.29 is 30.7 Å². The molecule has 0 saturated heterocycles. The highest BCUT2D eigenvalue weighted by atomic mass is 35.5. The lowest BCUT2D eigenvalue weighted by atomic mass is 9.79. The molecule has 1 heterocycles. The number of alkyl halides is 1. The van der Waals surface area contributed by atoms with Crippen molar-refractivity contribution in [3.8, 4) is 16.9 Å². The SMILES string of the molecule is CS(=O)(=O)N[C@H]1CC[C@](Cc2ccc(F)c(-c3ccc(F)c(F)c3OCc3ccccc3)c2)(c2nc(CCl)co2)C1. The number of halogens is 4. The predicted molar refractivity (Wildman–Crippen MR) is 150 cm³/mol. The van der Waals surface area contributed by atoms with E-state index < -0.39 is 38.6 Å². The molecule has 0 aliphatic heterocycles. The van der Waals surface area contributed by atoms with Gasteiger partial charge in [-0.05, 0) is 61.1 Å². The second-order valence-electron chi connectivity index (χ2n) is 10.4. The summed E-state index contributed by atoms with van der Waals surface area (Å²) in [5.74, 6) is -2.79. The second kappa shape index (κ2) is 11.9. The first-order valence-corrected chi connectivity index (χ1v) is 15.4. The lowest BCUT2D eigenvalue weighted by molar-refractivity contribution is 0.286. The highest BCUT2D eigenvalue weighted by Gasteiger charge is 2.45. The molecule has 1 fully saturated rings. The van der Waals surface area contributed by atoms with Crippen LogP contribution in [0.1, 0.15) is 42.0 Å². The summed E-state index contributed by atoms with van der Waals surface area (Å²) in [6.07, 6.45) is 4.39. The summed E-state index contributed by atoms with van der Waals surface area (Å²) < 4.78 is 82.5. The molecule has 1 N–H and O–H groups in total. The molecule has 2 atom stereocenters. The third-order valence-corrected chi connectivity index (χ3v) is 8.31. The molecule has 6 nitrogen and oxygen atoms in total. The van der Waals surface area contributed by atoms with Gasteiger partial charge in [-0.1, -0.05) is 36.4 Å². The Labute approximate surface area is 241 Å². The van der Waals surface area contributed by atoms with Crippen molar-refractivity contribution in [3.63, 3.8) is 0 Å². The van der Waals surface area contributed by atoms with E-state index in [1.54, 1.807) is 36.4 Å². The van der Waals surface area contributed by atoms with E-state index in [0.717, 1.165) is 17.9 Å². The summed E-state index contributed by atoms with van der Waals surface area (Å²) in [4.78, 5) is 4.54. The van der Waals surface area contributed by atoms with E-state index in [4.69, 9.17) is 20.8 Å². The van der Waals surface area contributed by atoms with E-state index in [2.05, 4.69) is 9.71 Å². The fraction of sp³-hybridized carbons (Fsp3) is 0.300. The minimum atomic E-state index is -3.45. The highest BCUT2D eigenvalue weighted by molar-refractivity contribution is 7.88. The van der Waals surface area contributed by atoms with Gasteiger partial charge in [-0.25, -0.2) is 26.9 Å². The molecule has 41 heavy (non-hydrogen) atoms. The number of nitrogens with one attached hydrogen (secondary N) is 1. The molecule has 1 aliphatic rings. The van der Waals surface area contributed by atoms with Gasteiger partial charge in [0.05, 0.1) is 23.2 Å². The van der Waals surface area contributed by atoms with Crippen LogP contribution in [0.5, 0.6) is 5.75 Å². The summed E-state index contributed by atoms with van der Waals surface area (Å²) in [7, 11) is -3.45. The topological polar surface area (TPSA) is 81.4 Å². The van der Waals surface area contributed by atoms with Crippen LogP contribution < -0.4 is 9.46 Å². The molecular formula is C30H28ClF3N2O4S. The van der Waals surface area contributed by atoms with Crippen molar-refractivity contribution >= 4 is 21.6 Å². The van der Waals surface area contributed by atoms with Gasteiger partial charge in [-0.2, -0.15) is 4.39 Å². The monoisotopic (exact) mass is 604 g/mol. The van der Waals surface area contributed by atoms with Gasteiger partial charge in [0.25, 0.3) is 0 Å². The Balaban J connectivity index is 1.51. The normalized spacial score (nSPS) is 19.0. The van der Waals surface area contributed by atoms with Gasteiger partial charge in [0.1, 0.15) is 18.7 Å². The first-order valence-electron chi connectivity index (χ1n) is 13.0. The molecular weight excluding hydrogens is 577 g/mol. The number of nitrogens with zero attached hydrogens (tertiary/aromatic N) is 1. The van der Waals surface area contributed by atoms with Crippen molar-refractivity contribution in [3.05, 3.63) is 107 Å². The van der Waals surface area contributed by atoms with E-state index >= 15 is 4.39 Å². The van der Waals surface area contributed by atoms with E-state index in [0.29, 0.717) is 42.8 Å². The van der Waals surface area contributed by atoms with Crippen LogP contribution in [0.25, 0.3) is 11.1 Å². The maximum absolute atomic E-state index is 15.3. The first kappa shape index (κ1) is 29.2. The third-order valence-electron chi connectivity index (χ3n) is 7.27. The van der Waals surface area contributed by atoms with Crippen molar-refractivity contribution in [1.82, 2.24) is 9.71 Å². The Bertz CT molecular complexity index is 1650. The smallest absolute Gasteiger partial charge is 0.208 e. The van der Waals surface area contributed by atoms with E-state index in [1.807, 2.05) is 6.07 Å². The minimum absolute atomic E-state index is 0.0391. The third kappa shape index (κ3) is 6.60. The predicted octanol–water partition coefficient (Wildman–Crippen LogP) is 6.66. The van der Waals surface area contributed by atoms with Crippen LogP contribution in [0.3, 0.4) is 0 Å². The molecule has 5 rings (SSSR count). The molecule has 1 aliphatic carbocycles. The van der Waals surface area contributed by atoms with Gasteiger partial charge < -0.3 is 9.15 Å². The Morgan fingerprint density at radius 3 is 2.51 bits per heavy atom. The van der Waals surface area contributed by atoms with Gasteiger partial charge >= 0.3 is 0 Å². The standard InChI is InChI=1S/C30H28ClF3N2O4S/c1-41(37,38)36-21-11-12-30(15-21,29-35-22(16-31)18-40-29)14-20-7-9-25(32)24(13-20)23-8-10-26(33)27(34)28(23)39-17-19-5-3-2-4-6-19/h2-10,13,18,21,36H,11-12,14-17H2,1H3/t21-,30+/m0/s1. The Morgan fingerprint density at radius 2 is 1.80 bits per heavy atom. The van der Waals surface area contributed by atoms with E-state index in [-0.39, 0.29) is 29.7 Å². The molecule has 0 bridgehead atoms. The van der Waals surface area contributed by atoms with Crippen LogP contribution in [0.15, 0.2) is 71.3 Å². The number of aromatic nitrogens is 1. The van der Waals surface area contributed by atoms with Crippen molar-refractivity contribution in [2.45, 2.75) is 49.6 Å². The second-order valence-corrected chi connectivity index (χ2v) is 12.4. The van der Waals surface area contributed by atoms with Crippen LogP contribution in [-0.4, -0.2) is 25.7 Å². The van der Waals surface area contributed by atoms with Crippen LogP contribution in [0.4, 0.5) is 13.2 Å². The van der Waals surface area contributed by atoms with Crippen LogP contribution in [-0.2, 0) is 34.3 Å². The maximum atomic E-state index is 15.3. The lowest BCUT2D eigenvalue weighted by Gasteiger charge is -2.26. The Morgan fingerprint density at radius 1 is 1.05 bits per heavy atom. The molecule has 3 aromatic carbocycles. The quantitative estimate of drug-likeness (QED) is 0.205. The van der Waals surface area contributed by atoms with Gasteiger partial charge in [0.15, 0.2) is 11.6 Å². The number of ether oxygens (including phenoxy) is 1. The maximum Gasteiger partial charge on any atom is 0.208 e. The Hall–Kier alpha value is -3.34. The zero-order valence-corrected chi connectivity index (χ0v) is 23.7. The highest BCUT2D eigenvalue weighted by Crippen LogP contribution is 2.45. The number of hydrogen-bond acceptors (Lipinski definition) is 5. The molecule has 0 amide bonds. The number of hydrogen-bond donors (Lipinski definition) is 1. The molecule has 1 saturated carbocycles. The van der Waals surface area contributed by atoms with Gasteiger partial charge in [0, 0.05) is 17.2 Å². The molecule has 11 heteroatoms. The summed E-state index contributed by atoms with van der Waals surface area (Å²) in [5, 5.41) is 0. The fourth-order valence-electron chi connectivity index (χ4n) is 5.47. The largest absolute Gasteiger partial charge is 0.485 e. The number of sulfonamides is 1. The molecule has 216 valence electrons. The van der Waals surface area contributed by atoms with Gasteiger partial charge in [-0.3, -0.25) is 0 Å². The lowest BCUT2D eigenvalue weighted by Crippen LogP contribution is -2.35. The van der Waals surface area contributed by atoms with Gasteiger partial charge in [0.2, 0.25) is 21.7 Å². The summed E-state index contributed by atoms with van der Waals surface area (Å²) in [6.45, 7) is -0.0412. The van der Waals surface area contributed by atoms with Gasteiger partial charge in [-0.15, -0.1) is 11.6 Å². The van der Waals surface area contributed by atoms with Crippen molar-refractivity contribution in [2.75, 3.05) is 6.26 Å². The number of oxazole rings is 1. The fourth-order valence-corrected chi connectivity index (χ4v) is 6.40. The van der Waals surface area contributed by atoms with Crippen LogP contribution >= 0.6 is 11.6 Å². The zero-order chi connectivity index (χ0) is 29.2. The zero-order valence-electron chi connectivity index (χ0n) is 22.2. The Kier molecular flexibility index (Phi) is 8.45. The van der Waals surface area contributed by atoms with Crippen molar-refractivity contribution in [2.24, 2.45) is 0 Å². The van der Waals surface area contributed by atoms with E-state index in [9.17, 15) is 17.2 Å².